The predicted molar refractivity (Wildman–Crippen MR) is 104 cm³/mol. The number of amides is 1. The van der Waals surface area contributed by atoms with Crippen molar-refractivity contribution in [2.75, 3.05) is 6.54 Å². The number of carbonyl (C=O) groups is 1. The minimum atomic E-state index is -0.0308. The molecule has 1 unspecified atom stereocenters. The van der Waals surface area contributed by atoms with Gasteiger partial charge in [0, 0.05) is 12.1 Å². The fourth-order valence-electron chi connectivity index (χ4n) is 3.41. The maximum Gasteiger partial charge on any atom is 0.237 e. The second-order valence-corrected chi connectivity index (χ2v) is 7.10. The molecule has 1 saturated heterocycles. The molecule has 3 aromatic rings. The van der Waals surface area contributed by atoms with Gasteiger partial charge in [-0.3, -0.25) is 4.79 Å². The number of hydrogen-bond acceptors (Lipinski definition) is 3. The highest BCUT2D eigenvalue weighted by Crippen LogP contribution is 2.23. The quantitative estimate of drug-likeness (QED) is 0.678. The molecule has 2 heterocycles. The number of hydrogen-bond donors (Lipinski definition) is 3. The molecular formula is C21H24N4O. The lowest BCUT2D eigenvalue weighted by Crippen LogP contribution is -2.39. The van der Waals surface area contributed by atoms with Gasteiger partial charge >= 0.3 is 0 Å². The van der Waals surface area contributed by atoms with E-state index in [0.717, 1.165) is 47.4 Å². The zero-order valence-electron chi connectivity index (χ0n) is 15.2. The highest BCUT2D eigenvalue weighted by molar-refractivity contribution is 5.82. The Labute approximate surface area is 153 Å². The summed E-state index contributed by atoms with van der Waals surface area (Å²) in [4.78, 5) is 20.2. The Kier molecular flexibility index (Phi) is 4.47. The molecule has 4 rings (SSSR count). The summed E-state index contributed by atoms with van der Waals surface area (Å²) in [5.74, 6) is 0.963. The molecule has 134 valence electrons. The lowest BCUT2D eigenvalue weighted by molar-refractivity contribution is -0.122. The van der Waals surface area contributed by atoms with Crippen molar-refractivity contribution in [3.63, 3.8) is 0 Å². The van der Waals surface area contributed by atoms with E-state index >= 15 is 0 Å². The molecule has 0 spiro atoms. The third-order valence-corrected chi connectivity index (χ3v) is 5.17. The van der Waals surface area contributed by atoms with Crippen LogP contribution in [0.1, 0.15) is 29.5 Å². The topological polar surface area (TPSA) is 69.8 Å². The lowest BCUT2D eigenvalue weighted by Gasteiger charge is -2.11. The van der Waals surface area contributed by atoms with Crippen LogP contribution in [0.4, 0.5) is 0 Å². The number of nitrogens with one attached hydrogen (secondary N) is 3. The molecule has 1 aromatic heterocycles. The van der Waals surface area contributed by atoms with Gasteiger partial charge in [-0.2, -0.15) is 0 Å². The van der Waals surface area contributed by atoms with Crippen LogP contribution in [0.5, 0.6) is 0 Å². The molecule has 5 nitrogen and oxygen atoms in total. The van der Waals surface area contributed by atoms with Crippen LogP contribution in [0, 0.1) is 13.8 Å². The first-order valence-electron chi connectivity index (χ1n) is 9.17. The number of aromatic nitrogens is 2. The smallest absolute Gasteiger partial charge is 0.237 e. The molecule has 2 aromatic carbocycles. The molecular weight excluding hydrogens is 324 g/mol. The molecule has 0 radical (unpaired) electrons. The molecule has 0 aliphatic carbocycles. The number of imidazole rings is 1. The van der Waals surface area contributed by atoms with Gasteiger partial charge < -0.3 is 15.6 Å². The van der Waals surface area contributed by atoms with E-state index in [4.69, 9.17) is 4.98 Å². The van der Waals surface area contributed by atoms with Gasteiger partial charge in [-0.05, 0) is 62.1 Å². The average Bonchev–Trinajstić information content (AvgIpc) is 3.30. The number of fused-ring (bicyclic) bond motifs is 1. The van der Waals surface area contributed by atoms with Crippen LogP contribution in [0.25, 0.3) is 22.4 Å². The minimum absolute atomic E-state index is 0.0308. The van der Waals surface area contributed by atoms with Crippen molar-refractivity contribution in [3.8, 4) is 11.4 Å². The molecule has 0 saturated carbocycles. The van der Waals surface area contributed by atoms with Crippen LogP contribution < -0.4 is 10.6 Å². The molecule has 26 heavy (non-hydrogen) atoms. The molecule has 1 aliphatic heterocycles. The van der Waals surface area contributed by atoms with E-state index in [1.807, 2.05) is 24.3 Å². The monoisotopic (exact) mass is 348 g/mol. The lowest BCUT2D eigenvalue weighted by atomic mass is 10.1. The van der Waals surface area contributed by atoms with Crippen molar-refractivity contribution in [1.29, 1.82) is 0 Å². The maximum absolute atomic E-state index is 12.1. The van der Waals surface area contributed by atoms with Crippen LogP contribution >= 0.6 is 0 Å². The van der Waals surface area contributed by atoms with Crippen LogP contribution in [-0.2, 0) is 11.3 Å². The van der Waals surface area contributed by atoms with E-state index in [0.29, 0.717) is 6.54 Å². The van der Waals surface area contributed by atoms with Gasteiger partial charge in [0.15, 0.2) is 0 Å². The molecule has 1 amide bonds. The van der Waals surface area contributed by atoms with E-state index in [9.17, 15) is 4.79 Å². The van der Waals surface area contributed by atoms with E-state index in [1.165, 1.54) is 11.1 Å². The van der Waals surface area contributed by atoms with Gasteiger partial charge in [0.05, 0.1) is 17.1 Å². The third kappa shape index (κ3) is 3.35. The van der Waals surface area contributed by atoms with Gasteiger partial charge in [-0.25, -0.2) is 4.98 Å². The van der Waals surface area contributed by atoms with Crippen LogP contribution in [0.3, 0.4) is 0 Å². The summed E-state index contributed by atoms with van der Waals surface area (Å²) in [6, 6.07) is 12.4. The number of carbonyl (C=O) groups excluding carboxylic acids is 1. The second-order valence-electron chi connectivity index (χ2n) is 7.10. The summed E-state index contributed by atoms with van der Waals surface area (Å²) in [7, 11) is 0. The molecule has 3 N–H and O–H groups in total. The Bertz CT molecular complexity index is 898. The zero-order chi connectivity index (χ0) is 18.1. The second kappa shape index (κ2) is 6.92. The highest BCUT2D eigenvalue weighted by Gasteiger charge is 2.21. The Balaban J connectivity index is 1.46. The fraction of sp³-hybridized carbons (Fsp3) is 0.333. The molecule has 1 atom stereocenters. The minimum Gasteiger partial charge on any atom is -0.351 e. The summed E-state index contributed by atoms with van der Waals surface area (Å²) in [6.07, 6.45) is 2.00. The van der Waals surface area contributed by atoms with Crippen molar-refractivity contribution in [2.24, 2.45) is 0 Å². The Morgan fingerprint density at radius 1 is 1.19 bits per heavy atom. The SMILES string of the molecule is Cc1cc2nc(-c3ccc(CNC(=O)C4CCCN4)cc3)[nH]c2cc1C. The van der Waals surface area contributed by atoms with Gasteiger partial charge in [0.2, 0.25) is 5.91 Å². The van der Waals surface area contributed by atoms with Crippen LogP contribution in [-0.4, -0.2) is 28.5 Å². The van der Waals surface area contributed by atoms with E-state index in [-0.39, 0.29) is 11.9 Å². The molecule has 1 aliphatic rings. The van der Waals surface area contributed by atoms with E-state index in [1.54, 1.807) is 0 Å². The molecule has 5 heteroatoms. The maximum atomic E-state index is 12.1. The van der Waals surface area contributed by atoms with Crippen molar-refractivity contribution < 1.29 is 4.79 Å². The van der Waals surface area contributed by atoms with Crippen molar-refractivity contribution in [3.05, 3.63) is 53.1 Å². The molecule has 1 fully saturated rings. The van der Waals surface area contributed by atoms with Crippen molar-refractivity contribution >= 4 is 16.9 Å². The Hall–Kier alpha value is -2.66. The average molecular weight is 348 g/mol. The number of aryl methyl sites for hydroxylation is 2. The Morgan fingerprint density at radius 3 is 2.69 bits per heavy atom. The van der Waals surface area contributed by atoms with Crippen molar-refractivity contribution in [1.82, 2.24) is 20.6 Å². The zero-order valence-corrected chi connectivity index (χ0v) is 15.2. The Morgan fingerprint density at radius 2 is 1.96 bits per heavy atom. The van der Waals surface area contributed by atoms with Gasteiger partial charge in [-0.15, -0.1) is 0 Å². The summed E-state index contributed by atoms with van der Waals surface area (Å²) < 4.78 is 0. The van der Waals surface area contributed by atoms with Gasteiger partial charge in [0.1, 0.15) is 5.82 Å². The number of nitrogens with zero attached hydrogens (tertiary/aromatic N) is 1. The number of H-pyrrole nitrogens is 1. The molecule has 0 bridgehead atoms. The first-order chi connectivity index (χ1) is 12.6. The summed E-state index contributed by atoms with van der Waals surface area (Å²) in [6.45, 7) is 5.70. The largest absolute Gasteiger partial charge is 0.351 e. The van der Waals surface area contributed by atoms with E-state index < -0.39 is 0 Å². The summed E-state index contributed by atoms with van der Waals surface area (Å²) >= 11 is 0. The summed E-state index contributed by atoms with van der Waals surface area (Å²) in [5, 5.41) is 6.23. The highest BCUT2D eigenvalue weighted by atomic mass is 16.2. The van der Waals surface area contributed by atoms with Crippen LogP contribution in [0.15, 0.2) is 36.4 Å². The standard InChI is InChI=1S/C21H24N4O/c1-13-10-18-19(11-14(13)2)25-20(24-18)16-7-5-15(6-8-16)12-23-21(26)17-4-3-9-22-17/h5-8,10-11,17,22H,3-4,9,12H2,1-2H3,(H,23,26)(H,24,25). The van der Waals surface area contributed by atoms with E-state index in [2.05, 4.69) is 41.6 Å². The summed E-state index contributed by atoms with van der Waals surface area (Å²) in [5.41, 5.74) is 6.69. The first kappa shape index (κ1) is 16.8. The first-order valence-corrected chi connectivity index (χ1v) is 9.17. The number of rotatable bonds is 4. The third-order valence-electron chi connectivity index (χ3n) is 5.17. The number of benzene rings is 2. The predicted octanol–water partition coefficient (Wildman–Crippen LogP) is 3.21. The normalized spacial score (nSPS) is 16.9. The number of aromatic amines is 1. The van der Waals surface area contributed by atoms with Crippen LogP contribution in [0.2, 0.25) is 0 Å². The van der Waals surface area contributed by atoms with Crippen molar-refractivity contribution in [2.45, 2.75) is 39.3 Å². The van der Waals surface area contributed by atoms with Gasteiger partial charge in [-0.1, -0.05) is 24.3 Å². The fourth-order valence-corrected chi connectivity index (χ4v) is 3.41. The van der Waals surface area contributed by atoms with Gasteiger partial charge in [0.25, 0.3) is 0 Å².